The van der Waals surface area contributed by atoms with Gasteiger partial charge in [0.05, 0.1) is 0 Å². The number of H-pyrrole nitrogens is 1. The van der Waals surface area contributed by atoms with Gasteiger partial charge in [-0.25, -0.2) is 0 Å². The smallest absolute Gasteiger partial charge is 0.0468 e. The normalized spacial score (nSPS) is 16.3. The molecule has 1 heteroatoms. The minimum Gasteiger partial charge on any atom is -0.358 e. The second-order valence-corrected chi connectivity index (χ2v) is 6.57. The third-order valence-corrected chi connectivity index (χ3v) is 4.92. The van der Waals surface area contributed by atoms with Crippen LogP contribution in [-0.2, 0) is 0 Å². The molecule has 0 bridgehead atoms. The monoisotopic (exact) mass is 351 g/mol. The third kappa shape index (κ3) is 3.13. The lowest BCUT2D eigenvalue weighted by Crippen LogP contribution is -1.92. The zero-order chi connectivity index (χ0) is 19.6. The molecule has 2 aromatic rings. The van der Waals surface area contributed by atoms with E-state index in [1.54, 1.807) is 6.08 Å². The van der Waals surface area contributed by atoms with Crippen molar-refractivity contribution in [3.05, 3.63) is 120 Å². The molecule has 0 saturated heterocycles. The van der Waals surface area contributed by atoms with Crippen molar-refractivity contribution in [3.63, 3.8) is 0 Å². The Labute approximate surface area is 162 Å². The first-order valence-corrected chi connectivity index (χ1v) is 9.04. The molecule has 0 unspecified atom stereocenters. The SMILES string of the molecule is C=C/C=C1/c2ccccc2/C(=C/C)C(=C)c2c(/C=C\C(=C)C=C)[nH]c(C)c21. The van der Waals surface area contributed by atoms with E-state index in [9.17, 15) is 0 Å². The number of aryl methyl sites for hydroxylation is 1. The lowest BCUT2D eigenvalue weighted by atomic mass is 9.93. The number of aromatic amines is 1. The highest BCUT2D eigenvalue weighted by Crippen LogP contribution is 2.46. The lowest BCUT2D eigenvalue weighted by Gasteiger charge is -2.12. The summed E-state index contributed by atoms with van der Waals surface area (Å²) in [6, 6.07) is 8.48. The molecular weight excluding hydrogens is 326 g/mol. The van der Waals surface area contributed by atoms with Gasteiger partial charge in [-0.1, -0.05) is 81.0 Å². The van der Waals surface area contributed by atoms with Crippen LogP contribution in [0, 0.1) is 6.92 Å². The van der Waals surface area contributed by atoms with Gasteiger partial charge in [0, 0.05) is 22.5 Å². The molecule has 0 aliphatic heterocycles. The van der Waals surface area contributed by atoms with E-state index >= 15 is 0 Å². The van der Waals surface area contributed by atoms with Crippen molar-refractivity contribution in [2.75, 3.05) is 0 Å². The molecule has 0 amide bonds. The summed E-state index contributed by atoms with van der Waals surface area (Å²) in [7, 11) is 0. The van der Waals surface area contributed by atoms with Crippen LogP contribution in [0.2, 0.25) is 0 Å². The molecule has 1 nitrogen and oxygen atoms in total. The fourth-order valence-corrected chi connectivity index (χ4v) is 3.69. The molecule has 1 aliphatic carbocycles. The van der Waals surface area contributed by atoms with Crippen LogP contribution in [0.1, 0.15) is 40.6 Å². The van der Waals surface area contributed by atoms with Crippen molar-refractivity contribution in [2.45, 2.75) is 13.8 Å². The number of hydrogen-bond acceptors (Lipinski definition) is 0. The quantitative estimate of drug-likeness (QED) is 0.564. The highest BCUT2D eigenvalue weighted by atomic mass is 14.7. The Balaban J connectivity index is 2.38. The standard InChI is InChI=1S/C26H25N/c1-7-12-23-22-14-11-10-13-21(22)20(9-3)18(5)25-24(16-15-17(4)8-2)27-19(6)26(23)25/h7-16,27H,1-2,4-5H2,3,6H3/b16-15-,20-9+,23-12-. The summed E-state index contributed by atoms with van der Waals surface area (Å²) < 4.78 is 0. The van der Waals surface area contributed by atoms with E-state index in [4.69, 9.17) is 0 Å². The molecule has 27 heavy (non-hydrogen) atoms. The predicted octanol–water partition coefficient (Wildman–Crippen LogP) is 7.13. The maximum Gasteiger partial charge on any atom is 0.0468 e. The molecule has 3 rings (SSSR count). The molecule has 1 aromatic heterocycles. The Bertz CT molecular complexity index is 1050. The Hall–Kier alpha value is -3.32. The maximum atomic E-state index is 4.46. The summed E-state index contributed by atoms with van der Waals surface area (Å²) >= 11 is 0. The molecule has 1 aromatic carbocycles. The zero-order valence-electron chi connectivity index (χ0n) is 16.1. The van der Waals surface area contributed by atoms with Crippen molar-refractivity contribution in [1.29, 1.82) is 0 Å². The fraction of sp³-hybridized carbons (Fsp3) is 0.0769. The largest absolute Gasteiger partial charge is 0.358 e. The molecular formula is C26H25N. The van der Waals surface area contributed by atoms with Crippen LogP contribution < -0.4 is 0 Å². The Morgan fingerprint density at radius 1 is 1.04 bits per heavy atom. The van der Waals surface area contributed by atoms with E-state index in [1.807, 2.05) is 12.2 Å². The number of benzene rings is 1. The lowest BCUT2D eigenvalue weighted by molar-refractivity contribution is 1.24. The highest BCUT2D eigenvalue weighted by molar-refractivity contribution is 6.13. The topological polar surface area (TPSA) is 15.8 Å². The summed E-state index contributed by atoms with van der Waals surface area (Å²) in [5.74, 6) is 0. The average molecular weight is 351 g/mol. The van der Waals surface area contributed by atoms with Crippen LogP contribution in [-0.4, -0.2) is 4.98 Å². The van der Waals surface area contributed by atoms with E-state index in [0.29, 0.717) is 0 Å². The number of aromatic nitrogens is 1. The van der Waals surface area contributed by atoms with Gasteiger partial charge in [0.15, 0.2) is 0 Å². The summed E-state index contributed by atoms with van der Waals surface area (Å²) in [6.07, 6.45) is 11.8. The van der Waals surface area contributed by atoms with Crippen molar-refractivity contribution < 1.29 is 0 Å². The second-order valence-electron chi connectivity index (χ2n) is 6.57. The van der Waals surface area contributed by atoms with Crippen molar-refractivity contribution in [3.8, 4) is 0 Å². The highest BCUT2D eigenvalue weighted by Gasteiger charge is 2.27. The third-order valence-electron chi connectivity index (χ3n) is 4.92. The van der Waals surface area contributed by atoms with Gasteiger partial charge in [0.2, 0.25) is 0 Å². The van der Waals surface area contributed by atoms with E-state index in [2.05, 4.69) is 87.6 Å². The van der Waals surface area contributed by atoms with Crippen molar-refractivity contribution in [2.24, 2.45) is 0 Å². The van der Waals surface area contributed by atoms with Crippen LogP contribution in [0.25, 0.3) is 22.8 Å². The summed E-state index contributed by atoms with van der Waals surface area (Å²) in [5.41, 5.74) is 11.0. The number of rotatable bonds is 4. The van der Waals surface area contributed by atoms with Gasteiger partial charge in [-0.05, 0) is 53.3 Å². The summed E-state index contributed by atoms with van der Waals surface area (Å²) in [6.45, 7) is 20.3. The molecule has 1 aliphatic rings. The van der Waals surface area contributed by atoms with Crippen molar-refractivity contribution >= 4 is 22.8 Å². The number of fused-ring (bicyclic) bond motifs is 2. The van der Waals surface area contributed by atoms with Crippen molar-refractivity contribution in [1.82, 2.24) is 4.98 Å². The first kappa shape index (κ1) is 18.5. The van der Waals surface area contributed by atoms with Gasteiger partial charge in [-0.15, -0.1) is 0 Å². The van der Waals surface area contributed by atoms with E-state index in [0.717, 1.165) is 39.2 Å². The van der Waals surface area contributed by atoms with Gasteiger partial charge < -0.3 is 4.98 Å². The van der Waals surface area contributed by atoms with Gasteiger partial charge in [-0.3, -0.25) is 0 Å². The molecule has 0 atom stereocenters. The Kier molecular flexibility index (Phi) is 5.14. The van der Waals surface area contributed by atoms with Gasteiger partial charge in [-0.2, -0.15) is 0 Å². The molecule has 0 saturated carbocycles. The summed E-state index contributed by atoms with van der Waals surface area (Å²) in [4.78, 5) is 3.53. The maximum absolute atomic E-state index is 4.46. The van der Waals surface area contributed by atoms with Gasteiger partial charge >= 0.3 is 0 Å². The number of hydrogen-bond donors (Lipinski definition) is 1. The molecule has 1 heterocycles. The molecule has 134 valence electrons. The Morgan fingerprint density at radius 2 is 1.70 bits per heavy atom. The number of allylic oxidation sites excluding steroid dienone is 8. The van der Waals surface area contributed by atoms with E-state index < -0.39 is 0 Å². The minimum atomic E-state index is 0.867. The summed E-state index contributed by atoms with van der Waals surface area (Å²) in [5, 5.41) is 0. The second kappa shape index (κ2) is 7.51. The van der Waals surface area contributed by atoms with E-state index in [1.165, 1.54) is 16.7 Å². The average Bonchev–Trinajstić information content (AvgIpc) is 2.95. The molecule has 0 spiro atoms. The fourth-order valence-electron chi connectivity index (χ4n) is 3.69. The van der Waals surface area contributed by atoms with E-state index in [-0.39, 0.29) is 0 Å². The van der Waals surface area contributed by atoms with Crippen LogP contribution in [0.15, 0.2) is 86.5 Å². The zero-order valence-corrected chi connectivity index (χ0v) is 16.1. The number of nitrogens with one attached hydrogen (secondary N) is 1. The van der Waals surface area contributed by atoms with Gasteiger partial charge in [0.1, 0.15) is 0 Å². The first-order valence-electron chi connectivity index (χ1n) is 9.04. The molecule has 1 N–H and O–H groups in total. The van der Waals surface area contributed by atoms with Crippen LogP contribution in [0.5, 0.6) is 0 Å². The van der Waals surface area contributed by atoms with Crippen LogP contribution in [0.3, 0.4) is 0 Å². The first-order chi connectivity index (χ1) is 13.0. The van der Waals surface area contributed by atoms with Crippen LogP contribution in [0.4, 0.5) is 0 Å². The minimum absolute atomic E-state index is 0.867. The Morgan fingerprint density at radius 3 is 2.30 bits per heavy atom. The van der Waals surface area contributed by atoms with Gasteiger partial charge in [0.25, 0.3) is 0 Å². The molecule has 0 fully saturated rings. The predicted molar refractivity (Wildman–Crippen MR) is 120 cm³/mol. The van der Waals surface area contributed by atoms with Crippen LogP contribution >= 0.6 is 0 Å². The molecule has 0 radical (unpaired) electrons.